The standard InChI is InChI=1S/C24H32N2O5S/c1-30-22-13-9-20(18-23(22)31-2)6-4-15-25-16-5-17-26-24(27)14-10-19-7-11-21(12-8-19)32(3,28)29/h7-14,18,25H,4-6,15-17H2,1-3H3,(H,26,27)/b14-10+. The highest BCUT2D eigenvalue weighted by Gasteiger charge is 2.06. The molecule has 0 atom stereocenters. The van der Waals surface area contributed by atoms with Crippen LogP contribution < -0.4 is 20.1 Å². The number of benzene rings is 2. The largest absolute Gasteiger partial charge is 0.493 e. The van der Waals surface area contributed by atoms with Crippen molar-refractivity contribution >= 4 is 21.8 Å². The third-order valence-electron chi connectivity index (χ3n) is 4.83. The molecule has 2 aromatic carbocycles. The van der Waals surface area contributed by atoms with Gasteiger partial charge in [-0.2, -0.15) is 0 Å². The Balaban J connectivity index is 1.58. The summed E-state index contributed by atoms with van der Waals surface area (Å²) in [6, 6.07) is 12.4. The van der Waals surface area contributed by atoms with Crippen LogP contribution in [0.25, 0.3) is 6.08 Å². The monoisotopic (exact) mass is 460 g/mol. The summed E-state index contributed by atoms with van der Waals surface area (Å²) in [6.07, 6.45) is 7.06. The fourth-order valence-electron chi connectivity index (χ4n) is 3.06. The molecule has 0 fully saturated rings. The van der Waals surface area contributed by atoms with E-state index in [9.17, 15) is 13.2 Å². The predicted octanol–water partition coefficient (Wildman–Crippen LogP) is 2.85. The lowest BCUT2D eigenvalue weighted by atomic mass is 10.1. The van der Waals surface area contributed by atoms with Crippen LogP contribution in [0.15, 0.2) is 53.4 Å². The molecule has 2 rings (SSSR count). The van der Waals surface area contributed by atoms with Crippen molar-refractivity contribution in [2.45, 2.75) is 24.2 Å². The number of nitrogens with one attached hydrogen (secondary N) is 2. The van der Waals surface area contributed by atoms with Crippen LogP contribution in [0.1, 0.15) is 24.0 Å². The SMILES string of the molecule is COc1ccc(CCCNCCCNC(=O)/C=C/c2ccc(S(C)(=O)=O)cc2)cc1OC. The van der Waals surface area contributed by atoms with Gasteiger partial charge in [-0.3, -0.25) is 4.79 Å². The van der Waals surface area contributed by atoms with Crippen LogP contribution in [0, 0.1) is 0 Å². The van der Waals surface area contributed by atoms with Crippen molar-refractivity contribution in [2.24, 2.45) is 0 Å². The van der Waals surface area contributed by atoms with Crippen molar-refractivity contribution in [3.05, 3.63) is 59.7 Å². The number of hydrogen-bond acceptors (Lipinski definition) is 6. The summed E-state index contributed by atoms with van der Waals surface area (Å²) in [7, 11) is 0.0480. The molecular weight excluding hydrogens is 428 g/mol. The summed E-state index contributed by atoms with van der Waals surface area (Å²) < 4.78 is 33.5. The van der Waals surface area contributed by atoms with Crippen molar-refractivity contribution in [3.63, 3.8) is 0 Å². The number of rotatable bonds is 13. The molecule has 174 valence electrons. The number of carbonyl (C=O) groups excluding carboxylic acids is 1. The van der Waals surface area contributed by atoms with E-state index >= 15 is 0 Å². The maximum Gasteiger partial charge on any atom is 0.243 e. The van der Waals surface area contributed by atoms with Gasteiger partial charge in [0.2, 0.25) is 5.91 Å². The fourth-order valence-corrected chi connectivity index (χ4v) is 3.69. The molecule has 7 nitrogen and oxygen atoms in total. The van der Waals surface area contributed by atoms with Crippen LogP contribution in [0.3, 0.4) is 0 Å². The van der Waals surface area contributed by atoms with Crippen LogP contribution in [-0.2, 0) is 21.1 Å². The van der Waals surface area contributed by atoms with Crippen molar-refractivity contribution in [1.29, 1.82) is 0 Å². The highest BCUT2D eigenvalue weighted by molar-refractivity contribution is 7.90. The molecule has 0 aliphatic rings. The molecule has 0 spiro atoms. The Hall–Kier alpha value is -2.84. The van der Waals surface area contributed by atoms with Gasteiger partial charge in [-0.15, -0.1) is 0 Å². The molecule has 0 saturated heterocycles. The minimum absolute atomic E-state index is 0.175. The van der Waals surface area contributed by atoms with E-state index in [1.807, 2.05) is 18.2 Å². The second-order valence-corrected chi connectivity index (χ2v) is 9.38. The zero-order chi connectivity index (χ0) is 23.4. The summed E-state index contributed by atoms with van der Waals surface area (Å²) in [6.45, 7) is 2.30. The van der Waals surface area contributed by atoms with Gasteiger partial charge in [-0.05, 0) is 73.8 Å². The molecular formula is C24H32N2O5S. The summed E-state index contributed by atoms with van der Waals surface area (Å²) in [5.41, 5.74) is 1.97. The minimum atomic E-state index is -3.21. The van der Waals surface area contributed by atoms with E-state index in [1.165, 1.54) is 30.0 Å². The molecule has 2 N–H and O–H groups in total. The third-order valence-corrected chi connectivity index (χ3v) is 5.96. The van der Waals surface area contributed by atoms with Crippen molar-refractivity contribution in [1.82, 2.24) is 10.6 Å². The lowest BCUT2D eigenvalue weighted by Crippen LogP contribution is -2.26. The molecule has 1 amide bonds. The number of ether oxygens (including phenoxy) is 2. The molecule has 0 bridgehead atoms. The maximum atomic E-state index is 11.9. The zero-order valence-electron chi connectivity index (χ0n) is 18.9. The molecule has 0 heterocycles. The molecule has 0 radical (unpaired) electrons. The van der Waals surface area contributed by atoms with Crippen LogP contribution in [-0.4, -0.2) is 54.4 Å². The fraction of sp³-hybridized carbons (Fsp3) is 0.375. The summed E-state index contributed by atoms with van der Waals surface area (Å²) in [4.78, 5) is 12.2. The van der Waals surface area contributed by atoms with E-state index < -0.39 is 9.84 Å². The molecule has 8 heteroatoms. The minimum Gasteiger partial charge on any atom is -0.493 e. The zero-order valence-corrected chi connectivity index (χ0v) is 19.7. The highest BCUT2D eigenvalue weighted by atomic mass is 32.2. The number of hydrogen-bond donors (Lipinski definition) is 2. The molecule has 32 heavy (non-hydrogen) atoms. The summed E-state index contributed by atoms with van der Waals surface area (Å²) in [5.74, 6) is 1.30. The van der Waals surface area contributed by atoms with E-state index in [0.29, 0.717) is 6.54 Å². The Morgan fingerprint density at radius 2 is 1.62 bits per heavy atom. The van der Waals surface area contributed by atoms with Gasteiger partial charge in [0, 0.05) is 18.9 Å². The van der Waals surface area contributed by atoms with E-state index in [4.69, 9.17) is 9.47 Å². The van der Waals surface area contributed by atoms with E-state index in [0.717, 1.165) is 49.4 Å². The molecule has 0 aliphatic heterocycles. The van der Waals surface area contributed by atoms with E-state index in [-0.39, 0.29) is 10.8 Å². The van der Waals surface area contributed by atoms with Gasteiger partial charge in [0.05, 0.1) is 19.1 Å². The number of amides is 1. The Kier molecular flexibility index (Phi) is 10.2. The Labute approximate surface area is 190 Å². The van der Waals surface area contributed by atoms with Gasteiger partial charge in [0.15, 0.2) is 21.3 Å². The highest BCUT2D eigenvalue weighted by Crippen LogP contribution is 2.27. The van der Waals surface area contributed by atoms with Gasteiger partial charge in [0.25, 0.3) is 0 Å². The van der Waals surface area contributed by atoms with Gasteiger partial charge in [-0.25, -0.2) is 8.42 Å². The quantitative estimate of drug-likeness (QED) is 0.353. The first-order chi connectivity index (χ1) is 15.3. The number of aryl methyl sites for hydroxylation is 1. The van der Waals surface area contributed by atoms with E-state index in [2.05, 4.69) is 10.6 Å². The summed E-state index contributed by atoms with van der Waals surface area (Å²) >= 11 is 0. The van der Waals surface area contributed by atoms with Crippen LogP contribution in [0.4, 0.5) is 0 Å². The first kappa shape index (κ1) is 25.4. The van der Waals surface area contributed by atoms with Crippen LogP contribution in [0.5, 0.6) is 11.5 Å². The molecule has 0 saturated carbocycles. The lowest BCUT2D eigenvalue weighted by molar-refractivity contribution is -0.116. The van der Waals surface area contributed by atoms with Crippen molar-refractivity contribution in [3.8, 4) is 11.5 Å². The molecule has 0 aliphatic carbocycles. The predicted molar refractivity (Wildman–Crippen MR) is 127 cm³/mol. The second-order valence-electron chi connectivity index (χ2n) is 7.36. The van der Waals surface area contributed by atoms with Crippen LogP contribution >= 0.6 is 0 Å². The van der Waals surface area contributed by atoms with Gasteiger partial charge >= 0.3 is 0 Å². The molecule has 2 aromatic rings. The lowest BCUT2D eigenvalue weighted by Gasteiger charge is -2.10. The first-order valence-electron chi connectivity index (χ1n) is 10.5. The van der Waals surface area contributed by atoms with Gasteiger partial charge < -0.3 is 20.1 Å². The smallest absolute Gasteiger partial charge is 0.243 e. The third kappa shape index (κ3) is 8.72. The number of sulfone groups is 1. The average molecular weight is 461 g/mol. The van der Waals surface area contributed by atoms with Crippen LogP contribution in [0.2, 0.25) is 0 Å². The topological polar surface area (TPSA) is 93.7 Å². The summed E-state index contributed by atoms with van der Waals surface area (Å²) in [5, 5.41) is 6.22. The first-order valence-corrected chi connectivity index (χ1v) is 12.4. The van der Waals surface area contributed by atoms with E-state index in [1.54, 1.807) is 32.4 Å². The average Bonchev–Trinajstić information content (AvgIpc) is 2.78. The Morgan fingerprint density at radius 1 is 0.938 bits per heavy atom. The second kappa shape index (κ2) is 12.9. The maximum absolute atomic E-state index is 11.9. The van der Waals surface area contributed by atoms with Gasteiger partial charge in [0.1, 0.15) is 0 Å². The Morgan fingerprint density at radius 3 is 2.28 bits per heavy atom. The number of carbonyl (C=O) groups is 1. The van der Waals surface area contributed by atoms with Crippen molar-refractivity contribution < 1.29 is 22.7 Å². The normalized spacial score (nSPS) is 11.5. The molecule has 0 aromatic heterocycles. The molecule has 0 unspecified atom stereocenters. The number of methoxy groups -OCH3 is 2. The van der Waals surface area contributed by atoms with Crippen molar-refractivity contribution in [2.75, 3.05) is 40.1 Å². The Bertz CT molecular complexity index is 1000. The van der Waals surface area contributed by atoms with Gasteiger partial charge in [-0.1, -0.05) is 18.2 Å².